The fourth-order valence-electron chi connectivity index (χ4n) is 2.01. The summed E-state index contributed by atoms with van der Waals surface area (Å²) >= 11 is 1.22. The smallest absolute Gasteiger partial charge is 0.257 e. The Kier molecular flexibility index (Phi) is 3.68. The zero-order valence-electron chi connectivity index (χ0n) is 12.0. The maximum Gasteiger partial charge on any atom is 0.257 e. The Balaban J connectivity index is 1.83. The predicted octanol–water partition coefficient (Wildman–Crippen LogP) is 2.36. The lowest BCUT2D eigenvalue weighted by molar-refractivity contribution is 0.100. The molecule has 0 saturated heterocycles. The summed E-state index contributed by atoms with van der Waals surface area (Å²) in [6.07, 6.45) is 0. The van der Waals surface area contributed by atoms with Crippen molar-refractivity contribution in [1.82, 2.24) is 20.0 Å². The van der Waals surface area contributed by atoms with Crippen LogP contribution in [0, 0.1) is 0 Å². The highest BCUT2D eigenvalue weighted by atomic mass is 32.1. The molecule has 0 aliphatic rings. The van der Waals surface area contributed by atoms with E-state index in [2.05, 4.69) is 20.6 Å². The van der Waals surface area contributed by atoms with E-state index in [4.69, 9.17) is 0 Å². The number of hydrogen-bond donors (Lipinski definition) is 1. The van der Waals surface area contributed by atoms with Crippen LogP contribution in [0.2, 0.25) is 0 Å². The van der Waals surface area contributed by atoms with Gasteiger partial charge in [-0.1, -0.05) is 5.21 Å². The molecule has 8 heteroatoms. The molecular weight excluding hydrogens is 302 g/mol. The van der Waals surface area contributed by atoms with Crippen LogP contribution in [0.25, 0.3) is 11.0 Å². The minimum absolute atomic E-state index is 0.130. The zero-order valence-corrected chi connectivity index (χ0v) is 12.8. The number of carbonyl (C=O) groups is 2. The number of anilines is 1. The van der Waals surface area contributed by atoms with Crippen molar-refractivity contribution >= 4 is 39.2 Å². The second-order valence-corrected chi connectivity index (χ2v) is 5.52. The lowest BCUT2D eigenvalue weighted by Crippen LogP contribution is -2.12. The first-order valence-corrected chi connectivity index (χ1v) is 7.57. The summed E-state index contributed by atoms with van der Waals surface area (Å²) in [6.45, 7) is 4.13. The minimum Gasteiger partial charge on any atom is -0.298 e. The number of aryl methyl sites for hydroxylation is 1. The van der Waals surface area contributed by atoms with E-state index in [0.29, 0.717) is 21.9 Å². The second kappa shape index (κ2) is 5.64. The van der Waals surface area contributed by atoms with Gasteiger partial charge in [-0.15, -0.1) is 16.4 Å². The Labute approximate surface area is 130 Å². The number of carbonyl (C=O) groups excluding carboxylic acids is 2. The molecule has 3 rings (SSSR count). The van der Waals surface area contributed by atoms with Crippen LogP contribution in [0.3, 0.4) is 0 Å². The van der Waals surface area contributed by atoms with Crippen LogP contribution in [0.5, 0.6) is 0 Å². The fraction of sp³-hybridized carbons (Fsp3) is 0.214. The molecule has 1 amide bonds. The second-order valence-electron chi connectivity index (χ2n) is 4.66. The molecule has 22 heavy (non-hydrogen) atoms. The largest absolute Gasteiger partial charge is 0.298 e. The minimum atomic E-state index is -0.294. The molecule has 2 aromatic heterocycles. The van der Waals surface area contributed by atoms with Gasteiger partial charge in [0.05, 0.1) is 5.52 Å². The van der Waals surface area contributed by atoms with Crippen LogP contribution in [-0.2, 0) is 6.54 Å². The van der Waals surface area contributed by atoms with Crippen LogP contribution in [0.1, 0.15) is 34.7 Å². The molecule has 3 aromatic rings. The maximum atomic E-state index is 12.2. The lowest BCUT2D eigenvalue weighted by Gasteiger charge is -2.02. The first-order valence-electron chi connectivity index (χ1n) is 6.69. The van der Waals surface area contributed by atoms with Crippen molar-refractivity contribution in [2.75, 3.05) is 5.32 Å². The Hall–Kier alpha value is -2.61. The molecule has 0 aliphatic carbocycles. The van der Waals surface area contributed by atoms with Gasteiger partial charge in [-0.2, -0.15) is 0 Å². The van der Waals surface area contributed by atoms with Crippen molar-refractivity contribution in [2.24, 2.45) is 0 Å². The quantitative estimate of drug-likeness (QED) is 0.746. The number of Topliss-reactive ketones (excluding diaryl/α,β-unsaturated/α-hetero) is 1. The van der Waals surface area contributed by atoms with Crippen molar-refractivity contribution in [3.63, 3.8) is 0 Å². The van der Waals surface area contributed by atoms with Crippen LogP contribution in [-0.4, -0.2) is 31.7 Å². The van der Waals surface area contributed by atoms with Crippen LogP contribution in [0.4, 0.5) is 5.13 Å². The topological polar surface area (TPSA) is 89.8 Å². The van der Waals surface area contributed by atoms with Gasteiger partial charge in [0, 0.05) is 24.4 Å². The standard InChI is InChI=1S/C14H13N5O2S/c1-3-19-12-5-4-9(6-10(12)17-18-19)13(21)16-14-15-11(7-22-14)8(2)20/h4-7H,3H2,1-2H3,(H,15,16,21). The number of ketones is 1. The average molecular weight is 315 g/mol. The third kappa shape index (κ3) is 2.60. The van der Waals surface area contributed by atoms with E-state index in [9.17, 15) is 9.59 Å². The molecule has 0 spiro atoms. The van der Waals surface area contributed by atoms with E-state index < -0.39 is 0 Å². The first-order chi connectivity index (χ1) is 10.6. The monoisotopic (exact) mass is 315 g/mol. The number of rotatable bonds is 4. The summed E-state index contributed by atoms with van der Waals surface area (Å²) in [5, 5.41) is 12.7. The number of nitrogens with one attached hydrogen (secondary N) is 1. The SMILES string of the molecule is CCn1nnc2cc(C(=O)Nc3nc(C(C)=O)cs3)ccc21. The van der Waals surface area contributed by atoms with Gasteiger partial charge >= 0.3 is 0 Å². The summed E-state index contributed by atoms with van der Waals surface area (Å²) in [7, 11) is 0. The fourth-order valence-corrected chi connectivity index (χ4v) is 2.75. The summed E-state index contributed by atoms with van der Waals surface area (Å²) < 4.78 is 1.76. The van der Waals surface area contributed by atoms with Crippen molar-refractivity contribution in [3.8, 4) is 0 Å². The Bertz CT molecular complexity index is 867. The summed E-state index contributed by atoms with van der Waals surface area (Å²) in [6, 6.07) is 5.21. The molecule has 1 N–H and O–H groups in total. The number of amides is 1. The van der Waals surface area contributed by atoms with Crippen molar-refractivity contribution in [3.05, 3.63) is 34.8 Å². The van der Waals surface area contributed by atoms with Crippen molar-refractivity contribution in [2.45, 2.75) is 20.4 Å². The molecular formula is C14H13N5O2S. The van der Waals surface area contributed by atoms with Crippen LogP contribution < -0.4 is 5.32 Å². The third-order valence-corrected chi connectivity index (χ3v) is 3.92. The number of fused-ring (bicyclic) bond motifs is 1. The lowest BCUT2D eigenvalue weighted by atomic mass is 10.2. The van der Waals surface area contributed by atoms with Crippen LogP contribution in [0.15, 0.2) is 23.6 Å². The number of nitrogens with zero attached hydrogens (tertiary/aromatic N) is 4. The molecule has 112 valence electrons. The molecule has 0 saturated carbocycles. The van der Waals surface area contributed by atoms with Gasteiger partial charge in [0.15, 0.2) is 10.9 Å². The highest BCUT2D eigenvalue weighted by Gasteiger charge is 2.12. The number of hydrogen-bond acceptors (Lipinski definition) is 6. The first kappa shape index (κ1) is 14.3. The summed E-state index contributed by atoms with van der Waals surface area (Å²) in [4.78, 5) is 27.5. The highest BCUT2D eigenvalue weighted by Crippen LogP contribution is 2.18. The van der Waals surface area contributed by atoms with E-state index in [1.807, 2.05) is 13.0 Å². The summed E-state index contributed by atoms with van der Waals surface area (Å²) in [5.41, 5.74) is 2.36. The molecule has 2 heterocycles. The van der Waals surface area contributed by atoms with Gasteiger partial charge in [-0.3, -0.25) is 14.9 Å². The number of benzene rings is 1. The van der Waals surface area contributed by atoms with E-state index in [-0.39, 0.29) is 11.7 Å². The predicted molar refractivity (Wildman–Crippen MR) is 83.3 cm³/mol. The zero-order chi connectivity index (χ0) is 15.7. The van der Waals surface area contributed by atoms with Crippen molar-refractivity contribution in [1.29, 1.82) is 0 Å². The molecule has 0 bridgehead atoms. The van der Waals surface area contributed by atoms with E-state index >= 15 is 0 Å². The van der Waals surface area contributed by atoms with Gasteiger partial charge in [-0.25, -0.2) is 9.67 Å². The molecule has 7 nitrogen and oxygen atoms in total. The van der Waals surface area contributed by atoms with Gasteiger partial charge in [0.25, 0.3) is 5.91 Å². The van der Waals surface area contributed by atoms with Crippen molar-refractivity contribution < 1.29 is 9.59 Å². The molecule has 0 radical (unpaired) electrons. The van der Waals surface area contributed by atoms with Gasteiger partial charge in [0.1, 0.15) is 11.2 Å². The molecule has 0 unspecified atom stereocenters. The van der Waals surface area contributed by atoms with Gasteiger partial charge < -0.3 is 0 Å². The Morgan fingerprint density at radius 2 is 2.18 bits per heavy atom. The third-order valence-electron chi connectivity index (χ3n) is 3.16. The molecule has 0 atom stereocenters. The molecule has 0 fully saturated rings. The maximum absolute atomic E-state index is 12.2. The number of aromatic nitrogens is 4. The van der Waals surface area contributed by atoms with Gasteiger partial charge in [-0.05, 0) is 25.1 Å². The Morgan fingerprint density at radius 3 is 2.86 bits per heavy atom. The van der Waals surface area contributed by atoms with E-state index in [1.165, 1.54) is 18.3 Å². The Morgan fingerprint density at radius 1 is 1.36 bits per heavy atom. The average Bonchev–Trinajstić information content (AvgIpc) is 3.12. The van der Waals surface area contributed by atoms with E-state index in [1.54, 1.807) is 22.2 Å². The normalized spacial score (nSPS) is 10.8. The molecule has 1 aromatic carbocycles. The van der Waals surface area contributed by atoms with Gasteiger partial charge in [0.2, 0.25) is 0 Å². The van der Waals surface area contributed by atoms with Crippen LogP contribution >= 0.6 is 11.3 Å². The highest BCUT2D eigenvalue weighted by molar-refractivity contribution is 7.14. The van der Waals surface area contributed by atoms with E-state index in [0.717, 1.165) is 12.1 Å². The summed E-state index contributed by atoms with van der Waals surface area (Å²) in [5.74, 6) is -0.424. The number of thiazole rings is 1. The molecule has 0 aliphatic heterocycles.